The van der Waals surface area contributed by atoms with Gasteiger partial charge in [-0.2, -0.15) is 0 Å². The monoisotopic (exact) mass is 372 g/mol. The van der Waals surface area contributed by atoms with Gasteiger partial charge in [-0.1, -0.05) is 19.9 Å². The summed E-state index contributed by atoms with van der Waals surface area (Å²) in [6.07, 6.45) is 2.68. The molecule has 6 heteroatoms. The lowest BCUT2D eigenvalue weighted by Crippen LogP contribution is -2.33. The van der Waals surface area contributed by atoms with Crippen LogP contribution in [-0.2, 0) is 4.79 Å². The molecule has 27 heavy (non-hydrogen) atoms. The fourth-order valence-corrected chi connectivity index (χ4v) is 3.39. The van der Waals surface area contributed by atoms with Gasteiger partial charge in [0.25, 0.3) is 5.91 Å². The zero-order valence-corrected chi connectivity index (χ0v) is 16.4. The SMILES string of the molecule is CC(=O)N1CCC=C(c2cc(C(C)C)c3oc(C(=O)N(C)C)cc3c2F)C1. The molecule has 0 fully saturated rings. The second-order valence-electron chi connectivity index (χ2n) is 7.49. The van der Waals surface area contributed by atoms with Crippen LogP contribution in [-0.4, -0.2) is 48.8 Å². The Morgan fingerprint density at radius 1 is 1.26 bits per heavy atom. The van der Waals surface area contributed by atoms with E-state index in [2.05, 4.69) is 0 Å². The smallest absolute Gasteiger partial charge is 0.289 e. The van der Waals surface area contributed by atoms with E-state index >= 15 is 4.39 Å². The molecule has 1 aliphatic rings. The normalized spacial score (nSPS) is 14.6. The number of hydrogen-bond acceptors (Lipinski definition) is 3. The molecule has 0 N–H and O–H groups in total. The fraction of sp³-hybridized carbons (Fsp3) is 0.429. The summed E-state index contributed by atoms with van der Waals surface area (Å²) < 4.78 is 21.1. The standard InChI is InChI=1S/C21H25FN2O3/c1-12(2)15-9-16(14-7-6-8-24(11-14)13(3)25)19(22)17-10-18(27-20(15)17)21(26)23(4)5/h7,9-10,12H,6,8,11H2,1-5H3. The summed E-state index contributed by atoms with van der Waals surface area (Å²) in [5, 5.41) is 0.308. The fourth-order valence-electron chi connectivity index (χ4n) is 3.39. The van der Waals surface area contributed by atoms with Gasteiger partial charge in [-0.3, -0.25) is 9.59 Å². The molecule has 144 valence electrons. The number of furan rings is 1. The lowest BCUT2D eigenvalue weighted by molar-refractivity contribution is -0.128. The summed E-state index contributed by atoms with van der Waals surface area (Å²) in [4.78, 5) is 27.1. The van der Waals surface area contributed by atoms with E-state index in [1.807, 2.05) is 19.9 Å². The third kappa shape index (κ3) is 3.48. The van der Waals surface area contributed by atoms with Crippen molar-refractivity contribution < 1.29 is 18.4 Å². The van der Waals surface area contributed by atoms with E-state index in [4.69, 9.17) is 4.42 Å². The number of rotatable bonds is 3. The van der Waals surface area contributed by atoms with Crippen molar-refractivity contribution in [3.05, 3.63) is 40.9 Å². The molecule has 1 aromatic carbocycles. The number of halogens is 1. The van der Waals surface area contributed by atoms with Crippen LogP contribution in [0.5, 0.6) is 0 Å². The Hall–Kier alpha value is -2.63. The van der Waals surface area contributed by atoms with E-state index < -0.39 is 5.82 Å². The predicted molar refractivity (Wildman–Crippen MR) is 103 cm³/mol. The lowest BCUT2D eigenvalue weighted by Gasteiger charge is -2.27. The Balaban J connectivity index is 2.17. The van der Waals surface area contributed by atoms with Crippen LogP contribution in [0.15, 0.2) is 22.6 Å². The maximum atomic E-state index is 15.4. The van der Waals surface area contributed by atoms with Gasteiger partial charge < -0.3 is 14.2 Å². The highest BCUT2D eigenvalue weighted by molar-refractivity contribution is 5.98. The number of carbonyl (C=O) groups excluding carboxylic acids is 2. The third-order valence-corrected chi connectivity index (χ3v) is 4.95. The number of carbonyl (C=O) groups is 2. The molecule has 0 unspecified atom stereocenters. The molecular formula is C21H25FN2O3. The third-order valence-electron chi connectivity index (χ3n) is 4.95. The van der Waals surface area contributed by atoms with E-state index in [1.165, 1.54) is 17.9 Å². The summed E-state index contributed by atoms with van der Waals surface area (Å²) >= 11 is 0. The lowest BCUT2D eigenvalue weighted by atomic mass is 9.92. The van der Waals surface area contributed by atoms with Crippen molar-refractivity contribution in [1.82, 2.24) is 9.80 Å². The summed E-state index contributed by atoms with van der Waals surface area (Å²) in [6.45, 7) is 6.56. The number of amides is 2. The van der Waals surface area contributed by atoms with Crippen molar-refractivity contribution in [3.8, 4) is 0 Å². The Labute approximate surface area is 158 Å². The highest BCUT2D eigenvalue weighted by Gasteiger charge is 2.25. The van der Waals surface area contributed by atoms with Crippen molar-refractivity contribution in [3.63, 3.8) is 0 Å². The van der Waals surface area contributed by atoms with Crippen LogP contribution in [0.25, 0.3) is 16.5 Å². The van der Waals surface area contributed by atoms with Gasteiger partial charge in [-0.05, 0) is 29.5 Å². The molecule has 0 aliphatic carbocycles. The summed E-state index contributed by atoms with van der Waals surface area (Å²) in [7, 11) is 3.26. The van der Waals surface area contributed by atoms with Crippen LogP contribution in [0.4, 0.5) is 4.39 Å². The van der Waals surface area contributed by atoms with Gasteiger partial charge >= 0.3 is 0 Å². The Morgan fingerprint density at radius 3 is 2.56 bits per heavy atom. The molecule has 2 heterocycles. The quantitative estimate of drug-likeness (QED) is 0.817. The zero-order chi connectivity index (χ0) is 19.9. The van der Waals surface area contributed by atoms with Gasteiger partial charge in [0, 0.05) is 45.7 Å². The first-order chi connectivity index (χ1) is 12.7. The van der Waals surface area contributed by atoms with Crippen molar-refractivity contribution in [2.45, 2.75) is 33.1 Å². The molecule has 5 nitrogen and oxygen atoms in total. The van der Waals surface area contributed by atoms with E-state index in [-0.39, 0.29) is 23.5 Å². The maximum absolute atomic E-state index is 15.4. The average Bonchev–Trinajstić information content (AvgIpc) is 3.06. The summed E-state index contributed by atoms with van der Waals surface area (Å²) in [5.41, 5.74) is 2.53. The first-order valence-corrected chi connectivity index (χ1v) is 9.13. The second-order valence-corrected chi connectivity index (χ2v) is 7.49. The summed E-state index contributed by atoms with van der Waals surface area (Å²) in [6, 6.07) is 3.28. The number of nitrogens with zero attached hydrogens (tertiary/aromatic N) is 2. The van der Waals surface area contributed by atoms with E-state index in [0.29, 0.717) is 36.0 Å². The van der Waals surface area contributed by atoms with Crippen molar-refractivity contribution in [2.24, 2.45) is 0 Å². The van der Waals surface area contributed by atoms with Gasteiger partial charge in [0.15, 0.2) is 5.76 Å². The molecule has 0 radical (unpaired) electrons. The van der Waals surface area contributed by atoms with Crippen LogP contribution in [0.1, 0.15) is 54.8 Å². The average molecular weight is 372 g/mol. The molecule has 1 aliphatic heterocycles. The van der Waals surface area contributed by atoms with Gasteiger partial charge in [-0.25, -0.2) is 4.39 Å². The van der Waals surface area contributed by atoms with Crippen LogP contribution in [0.2, 0.25) is 0 Å². The van der Waals surface area contributed by atoms with E-state index in [0.717, 1.165) is 11.1 Å². The van der Waals surface area contributed by atoms with Gasteiger partial charge in [0.05, 0.1) is 5.39 Å². The Kier molecular flexibility index (Phi) is 5.09. The first-order valence-electron chi connectivity index (χ1n) is 9.13. The van der Waals surface area contributed by atoms with Crippen molar-refractivity contribution in [2.75, 3.05) is 27.2 Å². The summed E-state index contributed by atoms with van der Waals surface area (Å²) in [5.74, 6) is -0.521. The number of benzene rings is 1. The maximum Gasteiger partial charge on any atom is 0.289 e. The topological polar surface area (TPSA) is 53.8 Å². The van der Waals surface area contributed by atoms with Crippen LogP contribution < -0.4 is 0 Å². The second kappa shape index (κ2) is 7.18. The minimum Gasteiger partial charge on any atom is -0.450 e. The van der Waals surface area contributed by atoms with Gasteiger partial charge in [0.1, 0.15) is 11.4 Å². The van der Waals surface area contributed by atoms with Gasteiger partial charge in [-0.15, -0.1) is 0 Å². The highest BCUT2D eigenvalue weighted by atomic mass is 19.1. The molecule has 0 bridgehead atoms. The van der Waals surface area contributed by atoms with E-state index in [9.17, 15) is 9.59 Å². The van der Waals surface area contributed by atoms with Crippen LogP contribution in [0, 0.1) is 5.82 Å². The first kappa shape index (κ1) is 19.1. The molecule has 2 aromatic rings. The molecule has 0 atom stereocenters. The molecule has 3 rings (SSSR count). The Morgan fingerprint density at radius 2 is 1.96 bits per heavy atom. The number of hydrogen-bond donors (Lipinski definition) is 0. The predicted octanol–water partition coefficient (Wildman–Crippen LogP) is 4.03. The molecular weight excluding hydrogens is 347 g/mol. The molecule has 2 amide bonds. The largest absolute Gasteiger partial charge is 0.450 e. The molecule has 1 aromatic heterocycles. The molecule has 0 spiro atoms. The van der Waals surface area contributed by atoms with Gasteiger partial charge in [0.2, 0.25) is 5.91 Å². The zero-order valence-electron chi connectivity index (χ0n) is 16.4. The Bertz CT molecular complexity index is 941. The molecule has 0 saturated heterocycles. The molecule has 0 saturated carbocycles. The van der Waals surface area contributed by atoms with Crippen molar-refractivity contribution >= 4 is 28.4 Å². The number of fused-ring (bicyclic) bond motifs is 1. The van der Waals surface area contributed by atoms with Crippen LogP contribution >= 0.6 is 0 Å². The minimum absolute atomic E-state index is 0.0200. The highest BCUT2D eigenvalue weighted by Crippen LogP contribution is 2.36. The van der Waals surface area contributed by atoms with Crippen LogP contribution in [0.3, 0.4) is 0 Å². The minimum atomic E-state index is -0.410. The van der Waals surface area contributed by atoms with E-state index in [1.54, 1.807) is 25.1 Å². The van der Waals surface area contributed by atoms with Crippen molar-refractivity contribution in [1.29, 1.82) is 0 Å².